The van der Waals surface area contributed by atoms with Crippen molar-refractivity contribution in [1.29, 1.82) is 0 Å². The second kappa shape index (κ2) is 3.71. The maximum atomic E-state index is 12.1. The molecule has 2 amide bonds. The third-order valence-electron chi connectivity index (χ3n) is 3.06. The van der Waals surface area contributed by atoms with Crippen molar-refractivity contribution in [3.8, 4) is 0 Å². The van der Waals surface area contributed by atoms with Crippen molar-refractivity contribution in [2.45, 2.75) is 13.0 Å². The summed E-state index contributed by atoms with van der Waals surface area (Å²) in [6, 6.07) is 0.423. The molecule has 1 aromatic heterocycles. The average molecular weight is 238 g/mol. The maximum Gasteiger partial charge on any atom is 0.326 e. The van der Waals surface area contributed by atoms with E-state index in [9.17, 15) is 4.79 Å². The van der Waals surface area contributed by atoms with Crippen LogP contribution in [0.15, 0.2) is 6.20 Å². The van der Waals surface area contributed by atoms with E-state index < -0.39 is 0 Å². The second-order valence-corrected chi connectivity index (χ2v) is 5.41. The zero-order valence-electron chi connectivity index (χ0n) is 9.14. The van der Waals surface area contributed by atoms with E-state index >= 15 is 0 Å². The molecule has 2 fully saturated rings. The highest BCUT2D eigenvalue weighted by Crippen LogP contribution is 2.28. The maximum absolute atomic E-state index is 12.1. The highest BCUT2D eigenvalue weighted by molar-refractivity contribution is 7.15. The first kappa shape index (κ1) is 10.0. The van der Waals surface area contributed by atoms with E-state index in [0.717, 1.165) is 36.2 Å². The van der Waals surface area contributed by atoms with Crippen molar-refractivity contribution < 1.29 is 4.79 Å². The van der Waals surface area contributed by atoms with Crippen molar-refractivity contribution in [3.05, 3.63) is 11.1 Å². The highest BCUT2D eigenvalue weighted by atomic mass is 32.1. The molecular weight excluding hydrogens is 224 g/mol. The van der Waals surface area contributed by atoms with Gasteiger partial charge < -0.3 is 10.2 Å². The first-order valence-corrected chi connectivity index (χ1v) is 6.28. The summed E-state index contributed by atoms with van der Waals surface area (Å²) in [5.41, 5.74) is 0. The van der Waals surface area contributed by atoms with E-state index in [4.69, 9.17) is 0 Å². The quantitative estimate of drug-likeness (QED) is 0.782. The zero-order valence-corrected chi connectivity index (χ0v) is 9.96. The number of rotatable bonds is 1. The third kappa shape index (κ3) is 1.49. The van der Waals surface area contributed by atoms with E-state index in [2.05, 4.69) is 10.3 Å². The number of fused-ring (bicyclic) bond motifs is 1. The van der Waals surface area contributed by atoms with Gasteiger partial charge >= 0.3 is 6.03 Å². The van der Waals surface area contributed by atoms with Gasteiger partial charge in [0.2, 0.25) is 0 Å². The Morgan fingerprint density at radius 3 is 3.19 bits per heavy atom. The summed E-state index contributed by atoms with van der Waals surface area (Å²) in [7, 11) is 0. The number of hydrogen-bond acceptors (Lipinski definition) is 4. The van der Waals surface area contributed by atoms with E-state index in [1.54, 1.807) is 16.2 Å². The molecule has 0 bridgehead atoms. The van der Waals surface area contributed by atoms with Crippen LogP contribution in [0, 0.1) is 6.92 Å². The Bertz CT molecular complexity index is 419. The Balaban J connectivity index is 1.85. The molecule has 2 aliphatic heterocycles. The predicted octanol–water partition coefficient (Wildman–Crippen LogP) is 0.665. The van der Waals surface area contributed by atoms with Crippen molar-refractivity contribution in [2.75, 3.05) is 31.1 Å². The number of anilines is 1. The van der Waals surface area contributed by atoms with Gasteiger partial charge in [-0.15, -0.1) is 11.3 Å². The molecule has 0 spiro atoms. The molecule has 2 saturated heterocycles. The highest BCUT2D eigenvalue weighted by Gasteiger charge is 2.40. The van der Waals surface area contributed by atoms with Crippen LogP contribution in [0.25, 0.3) is 0 Å². The van der Waals surface area contributed by atoms with E-state index in [1.165, 1.54) is 0 Å². The first-order chi connectivity index (χ1) is 7.75. The molecule has 3 rings (SSSR count). The van der Waals surface area contributed by atoms with Crippen LogP contribution in [-0.4, -0.2) is 48.1 Å². The number of aryl methyl sites for hydroxylation is 1. The molecule has 86 valence electrons. The van der Waals surface area contributed by atoms with Crippen LogP contribution < -0.4 is 10.2 Å². The van der Waals surface area contributed by atoms with Gasteiger partial charge in [-0.3, -0.25) is 4.90 Å². The summed E-state index contributed by atoms with van der Waals surface area (Å²) in [6.07, 6.45) is 1.82. The van der Waals surface area contributed by atoms with Gasteiger partial charge in [-0.05, 0) is 6.92 Å². The number of piperazine rings is 1. The molecule has 1 N–H and O–H groups in total. The van der Waals surface area contributed by atoms with Gasteiger partial charge in [0, 0.05) is 30.7 Å². The fourth-order valence-corrected chi connectivity index (χ4v) is 3.01. The fourth-order valence-electron chi connectivity index (χ4n) is 2.25. The van der Waals surface area contributed by atoms with Crippen LogP contribution in [0.4, 0.5) is 9.93 Å². The van der Waals surface area contributed by atoms with Gasteiger partial charge in [0.15, 0.2) is 5.13 Å². The second-order valence-electron chi connectivity index (χ2n) is 4.20. The van der Waals surface area contributed by atoms with Gasteiger partial charge in [0.1, 0.15) is 0 Å². The molecule has 0 aromatic carbocycles. The molecule has 1 atom stereocenters. The number of urea groups is 1. The van der Waals surface area contributed by atoms with Crippen molar-refractivity contribution in [1.82, 2.24) is 15.2 Å². The lowest BCUT2D eigenvalue weighted by Crippen LogP contribution is -2.49. The van der Waals surface area contributed by atoms with Crippen molar-refractivity contribution >= 4 is 22.5 Å². The Kier molecular flexibility index (Phi) is 2.33. The number of thiazole rings is 1. The normalized spacial score (nSPS) is 25.1. The van der Waals surface area contributed by atoms with Crippen LogP contribution in [0.1, 0.15) is 4.88 Å². The summed E-state index contributed by atoms with van der Waals surface area (Å²) in [4.78, 5) is 21.3. The fraction of sp³-hybridized carbons (Fsp3) is 0.600. The van der Waals surface area contributed by atoms with Gasteiger partial charge in [-0.2, -0.15) is 0 Å². The van der Waals surface area contributed by atoms with Gasteiger partial charge in [-0.1, -0.05) is 0 Å². The summed E-state index contributed by atoms with van der Waals surface area (Å²) in [5, 5.41) is 4.15. The van der Waals surface area contributed by atoms with E-state index in [-0.39, 0.29) is 6.03 Å². The number of nitrogens with one attached hydrogen (secondary N) is 1. The number of amides is 2. The van der Waals surface area contributed by atoms with Crippen LogP contribution in [0.5, 0.6) is 0 Å². The molecule has 0 aliphatic carbocycles. The summed E-state index contributed by atoms with van der Waals surface area (Å²) >= 11 is 1.58. The van der Waals surface area contributed by atoms with Crippen LogP contribution in [0.3, 0.4) is 0 Å². The Hall–Kier alpha value is -1.14. The summed E-state index contributed by atoms with van der Waals surface area (Å²) < 4.78 is 0. The van der Waals surface area contributed by atoms with Gasteiger partial charge in [-0.25, -0.2) is 9.78 Å². The van der Waals surface area contributed by atoms with E-state index in [0.29, 0.717) is 6.04 Å². The summed E-state index contributed by atoms with van der Waals surface area (Å²) in [5.74, 6) is 0. The lowest BCUT2D eigenvalue weighted by Gasteiger charge is -2.28. The third-order valence-corrected chi connectivity index (χ3v) is 4.00. The molecule has 2 aliphatic rings. The molecular formula is C10H14N4OS. The lowest BCUT2D eigenvalue weighted by atomic mass is 10.2. The number of carbonyl (C=O) groups is 1. The number of carbonyl (C=O) groups excluding carboxylic acids is 1. The zero-order chi connectivity index (χ0) is 11.1. The van der Waals surface area contributed by atoms with Crippen LogP contribution in [0.2, 0.25) is 0 Å². The summed E-state index contributed by atoms with van der Waals surface area (Å²) in [6.45, 7) is 5.37. The predicted molar refractivity (Wildman–Crippen MR) is 63.0 cm³/mol. The Morgan fingerprint density at radius 2 is 2.50 bits per heavy atom. The van der Waals surface area contributed by atoms with Crippen molar-refractivity contribution in [3.63, 3.8) is 0 Å². The Morgan fingerprint density at radius 1 is 1.62 bits per heavy atom. The SMILES string of the molecule is Cc1cnc(N2CC3CNCCN3C2=O)s1. The number of hydrogen-bond donors (Lipinski definition) is 1. The smallest absolute Gasteiger partial charge is 0.317 e. The van der Waals surface area contributed by atoms with E-state index in [1.807, 2.05) is 18.0 Å². The average Bonchev–Trinajstić information content (AvgIpc) is 2.84. The Labute approximate surface area is 98.1 Å². The molecule has 1 unspecified atom stereocenters. The lowest BCUT2D eigenvalue weighted by molar-refractivity contribution is 0.193. The minimum absolute atomic E-state index is 0.112. The molecule has 1 aromatic rings. The molecule has 0 radical (unpaired) electrons. The molecule has 5 nitrogen and oxygen atoms in total. The standard InChI is InChI=1S/C10H14N4OS/c1-7-4-12-9(16-7)14-6-8-5-11-2-3-13(8)10(14)15/h4,8,11H,2-3,5-6H2,1H3. The molecule has 3 heterocycles. The molecule has 0 saturated carbocycles. The first-order valence-electron chi connectivity index (χ1n) is 5.47. The van der Waals surface area contributed by atoms with Gasteiger partial charge in [0.25, 0.3) is 0 Å². The molecule has 16 heavy (non-hydrogen) atoms. The monoisotopic (exact) mass is 238 g/mol. The van der Waals surface area contributed by atoms with Crippen LogP contribution >= 0.6 is 11.3 Å². The molecule has 6 heteroatoms. The van der Waals surface area contributed by atoms with Gasteiger partial charge in [0.05, 0.1) is 12.6 Å². The topological polar surface area (TPSA) is 48.5 Å². The minimum Gasteiger partial charge on any atom is -0.317 e. The number of nitrogens with zero attached hydrogens (tertiary/aromatic N) is 3. The minimum atomic E-state index is 0.112. The van der Waals surface area contributed by atoms with Crippen molar-refractivity contribution in [2.24, 2.45) is 0 Å². The number of aromatic nitrogens is 1. The van der Waals surface area contributed by atoms with Crippen LogP contribution in [-0.2, 0) is 0 Å². The largest absolute Gasteiger partial charge is 0.326 e.